The molecule has 0 bridgehead atoms. The Hall–Kier alpha value is -1.13. The van der Waals surface area contributed by atoms with Crippen LogP contribution >= 0.6 is 0 Å². The second-order valence-electron chi connectivity index (χ2n) is 5.89. The minimum atomic E-state index is 0.0622. The van der Waals surface area contributed by atoms with Crippen LogP contribution in [0.1, 0.15) is 32.4 Å². The van der Waals surface area contributed by atoms with Crippen molar-refractivity contribution in [2.24, 2.45) is 5.73 Å². The molecule has 18 heavy (non-hydrogen) atoms. The van der Waals surface area contributed by atoms with E-state index in [9.17, 15) is 0 Å². The second kappa shape index (κ2) is 4.86. The quantitative estimate of drug-likeness (QED) is 0.864. The molecule has 0 aromatic carbocycles. The van der Waals surface area contributed by atoms with Crippen LogP contribution in [-0.4, -0.2) is 42.1 Å². The Morgan fingerprint density at radius 3 is 2.72 bits per heavy atom. The van der Waals surface area contributed by atoms with Crippen molar-refractivity contribution >= 4 is 5.82 Å². The molecule has 100 valence electrons. The summed E-state index contributed by atoms with van der Waals surface area (Å²) in [6.07, 6.45) is 1.86. The van der Waals surface area contributed by atoms with E-state index in [1.807, 2.05) is 19.2 Å². The molecular weight excluding hydrogens is 224 g/mol. The van der Waals surface area contributed by atoms with Crippen molar-refractivity contribution in [2.45, 2.75) is 32.4 Å². The average molecular weight is 248 g/mol. The van der Waals surface area contributed by atoms with Gasteiger partial charge in [-0.3, -0.25) is 4.90 Å². The Kier molecular flexibility index (Phi) is 3.59. The number of likely N-dealkylation sites (N-methyl/N-ethyl adjacent to an activating group) is 1. The van der Waals surface area contributed by atoms with E-state index < -0.39 is 0 Å². The van der Waals surface area contributed by atoms with Gasteiger partial charge in [0.15, 0.2) is 0 Å². The van der Waals surface area contributed by atoms with Crippen molar-refractivity contribution in [3.63, 3.8) is 0 Å². The van der Waals surface area contributed by atoms with Crippen LogP contribution < -0.4 is 10.6 Å². The lowest BCUT2D eigenvalue weighted by molar-refractivity contribution is 0.138. The number of aromatic nitrogens is 1. The van der Waals surface area contributed by atoms with E-state index in [4.69, 9.17) is 5.73 Å². The third kappa shape index (κ3) is 2.65. The first-order valence-corrected chi connectivity index (χ1v) is 6.58. The van der Waals surface area contributed by atoms with Crippen LogP contribution in [0.4, 0.5) is 5.82 Å². The Morgan fingerprint density at radius 2 is 2.11 bits per heavy atom. The molecule has 0 saturated carbocycles. The molecule has 4 nitrogen and oxygen atoms in total. The van der Waals surface area contributed by atoms with Gasteiger partial charge in [-0.1, -0.05) is 0 Å². The number of nitrogens with zero attached hydrogens (tertiary/aromatic N) is 3. The van der Waals surface area contributed by atoms with Gasteiger partial charge in [-0.2, -0.15) is 0 Å². The summed E-state index contributed by atoms with van der Waals surface area (Å²) < 4.78 is 0. The minimum Gasteiger partial charge on any atom is -0.353 e. The third-order valence-electron chi connectivity index (χ3n) is 3.94. The maximum Gasteiger partial charge on any atom is 0.128 e. The topological polar surface area (TPSA) is 45.4 Å². The lowest BCUT2D eigenvalue weighted by Gasteiger charge is -2.45. The highest BCUT2D eigenvalue weighted by molar-refractivity contribution is 5.43. The van der Waals surface area contributed by atoms with E-state index in [2.05, 4.69) is 41.7 Å². The lowest BCUT2D eigenvalue weighted by Crippen LogP contribution is -2.57. The van der Waals surface area contributed by atoms with Crippen LogP contribution in [-0.2, 0) is 0 Å². The van der Waals surface area contributed by atoms with Crippen molar-refractivity contribution in [1.29, 1.82) is 0 Å². The van der Waals surface area contributed by atoms with Gasteiger partial charge in [0.2, 0.25) is 0 Å². The van der Waals surface area contributed by atoms with Crippen molar-refractivity contribution in [3.8, 4) is 0 Å². The minimum absolute atomic E-state index is 0.0622. The van der Waals surface area contributed by atoms with Crippen molar-refractivity contribution < 1.29 is 0 Å². The number of anilines is 1. The summed E-state index contributed by atoms with van der Waals surface area (Å²) in [7, 11) is 2.18. The number of rotatable bonds is 2. The molecular formula is C14H24N4. The number of pyridine rings is 1. The standard InChI is InChI=1S/C14H24N4/c1-11(15)12-5-6-16-13(9-12)18-8-7-17(4)14(2,3)10-18/h5-6,9,11H,7-8,10,15H2,1-4H3/t11-/m0/s1. The summed E-state index contributed by atoms with van der Waals surface area (Å²) in [5, 5.41) is 0. The maximum atomic E-state index is 5.93. The van der Waals surface area contributed by atoms with Crippen molar-refractivity contribution in [3.05, 3.63) is 23.9 Å². The second-order valence-corrected chi connectivity index (χ2v) is 5.89. The highest BCUT2D eigenvalue weighted by Gasteiger charge is 2.31. The number of nitrogens with two attached hydrogens (primary N) is 1. The highest BCUT2D eigenvalue weighted by Crippen LogP contribution is 2.24. The highest BCUT2D eigenvalue weighted by atomic mass is 15.3. The molecule has 4 heteroatoms. The molecule has 0 spiro atoms. The Morgan fingerprint density at radius 1 is 1.39 bits per heavy atom. The van der Waals surface area contributed by atoms with Crippen LogP contribution in [0, 0.1) is 0 Å². The molecule has 0 unspecified atom stereocenters. The van der Waals surface area contributed by atoms with E-state index in [-0.39, 0.29) is 11.6 Å². The van der Waals surface area contributed by atoms with Crippen LogP contribution in [0.2, 0.25) is 0 Å². The number of piperazine rings is 1. The zero-order valence-electron chi connectivity index (χ0n) is 11.8. The molecule has 1 aliphatic rings. The first-order chi connectivity index (χ1) is 8.40. The Balaban J connectivity index is 2.19. The molecule has 0 aliphatic carbocycles. The van der Waals surface area contributed by atoms with Crippen LogP contribution in [0.3, 0.4) is 0 Å². The van der Waals surface area contributed by atoms with Gasteiger partial charge >= 0.3 is 0 Å². The van der Waals surface area contributed by atoms with Crippen LogP contribution in [0.15, 0.2) is 18.3 Å². The van der Waals surface area contributed by atoms with Gasteiger partial charge in [0.1, 0.15) is 5.82 Å². The first-order valence-electron chi connectivity index (χ1n) is 6.58. The summed E-state index contributed by atoms with van der Waals surface area (Å²) in [6, 6.07) is 4.17. The fourth-order valence-corrected chi connectivity index (χ4v) is 2.33. The molecule has 0 radical (unpaired) electrons. The number of hydrogen-bond acceptors (Lipinski definition) is 4. The smallest absolute Gasteiger partial charge is 0.128 e. The zero-order valence-corrected chi connectivity index (χ0v) is 11.8. The molecule has 1 aromatic rings. The van der Waals surface area contributed by atoms with E-state index in [1.165, 1.54) is 0 Å². The molecule has 1 atom stereocenters. The molecule has 1 saturated heterocycles. The van der Waals surface area contributed by atoms with Gasteiger partial charge in [0, 0.05) is 37.4 Å². The zero-order chi connectivity index (χ0) is 13.3. The summed E-state index contributed by atoms with van der Waals surface area (Å²) in [5.74, 6) is 1.05. The fraction of sp³-hybridized carbons (Fsp3) is 0.643. The van der Waals surface area contributed by atoms with Crippen molar-refractivity contribution in [2.75, 3.05) is 31.6 Å². The normalized spacial score (nSPS) is 21.9. The molecule has 2 N–H and O–H groups in total. The predicted molar refractivity (Wildman–Crippen MR) is 75.8 cm³/mol. The first kappa shape index (κ1) is 13.3. The van der Waals surface area contributed by atoms with Gasteiger partial charge in [-0.05, 0) is 45.5 Å². The van der Waals surface area contributed by atoms with E-state index in [1.54, 1.807) is 0 Å². The Labute approximate surface area is 110 Å². The molecule has 1 aromatic heterocycles. The van der Waals surface area contributed by atoms with E-state index >= 15 is 0 Å². The maximum absolute atomic E-state index is 5.93. The van der Waals surface area contributed by atoms with E-state index in [0.717, 1.165) is 31.0 Å². The molecule has 2 rings (SSSR count). The van der Waals surface area contributed by atoms with Gasteiger partial charge in [0.05, 0.1) is 0 Å². The molecule has 1 aliphatic heterocycles. The molecule has 0 amide bonds. The summed E-state index contributed by atoms with van der Waals surface area (Å²) in [4.78, 5) is 9.24. The van der Waals surface area contributed by atoms with Crippen molar-refractivity contribution in [1.82, 2.24) is 9.88 Å². The predicted octanol–water partition coefficient (Wildman–Crippen LogP) is 1.63. The van der Waals surface area contributed by atoms with Crippen LogP contribution in [0.25, 0.3) is 0 Å². The Bertz CT molecular complexity index is 414. The summed E-state index contributed by atoms with van der Waals surface area (Å²) in [6.45, 7) is 9.64. The number of hydrogen-bond donors (Lipinski definition) is 1. The van der Waals surface area contributed by atoms with Gasteiger partial charge in [-0.15, -0.1) is 0 Å². The molecule has 1 fully saturated rings. The molecule has 2 heterocycles. The summed E-state index contributed by atoms with van der Waals surface area (Å²) in [5.41, 5.74) is 7.27. The average Bonchev–Trinajstić information content (AvgIpc) is 2.33. The third-order valence-corrected chi connectivity index (χ3v) is 3.94. The van der Waals surface area contributed by atoms with Crippen LogP contribution in [0.5, 0.6) is 0 Å². The lowest BCUT2D eigenvalue weighted by atomic mass is 9.99. The van der Waals surface area contributed by atoms with E-state index in [0.29, 0.717) is 0 Å². The van der Waals surface area contributed by atoms with Gasteiger partial charge in [-0.25, -0.2) is 4.98 Å². The monoisotopic (exact) mass is 248 g/mol. The SMILES string of the molecule is C[C@H](N)c1ccnc(N2CCN(C)C(C)(C)C2)c1. The summed E-state index contributed by atoms with van der Waals surface area (Å²) >= 11 is 0. The van der Waals surface area contributed by atoms with Gasteiger partial charge in [0.25, 0.3) is 0 Å². The fourth-order valence-electron chi connectivity index (χ4n) is 2.33. The van der Waals surface area contributed by atoms with Gasteiger partial charge < -0.3 is 10.6 Å². The largest absolute Gasteiger partial charge is 0.353 e.